The molecule has 2 aromatic rings. The third-order valence-electron chi connectivity index (χ3n) is 3.12. The molecule has 3 N–H and O–H groups in total. The molecule has 1 amide bonds. The summed E-state index contributed by atoms with van der Waals surface area (Å²) in [5, 5.41) is 10.8. The van der Waals surface area contributed by atoms with Crippen molar-refractivity contribution in [2.75, 3.05) is 6.54 Å². The van der Waals surface area contributed by atoms with E-state index in [0.717, 1.165) is 12.1 Å². The molecule has 0 spiro atoms. The third kappa shape index (κ3) is 4.13. The van der Waals surface area contributed by atoms with Crippen LogP contribution in [-0.4, -0.2) is 33.5 Å². The van der Waals surface area contributed by atoms with E-state index >= 15 is 0 Å². The predicted molar refractivity (Wildman–Crippen MR) is 81.1 cm³/mol. The van der Waals surface area contributed by atoms with Gasteiger partial charge in [0.1, 0.15) is 0 Å². The Bertz CT molecular complexity index is 579. The van der Waals surface area contributed by atoms with Crippen LogP contribution >= 0.6 is 0 Å². The quantitative estimate of drug-likeness (QED) is 0.840. The fourth-order valence-electron chi connectivity index (χ4n) is 2.12. The van der Waals surface area contributed by atoms with Gasteiger partial charge in [0.25, 0.3) is 5.91 Å². The number of benzene rings is 1. The minimum Gasteiger partial charge on any atom is -0.347 e. The van der Waals surface area contributed by atoms with Crippen molar-refractivity contribution in [3.05, 3.63) is 42.2 Å². The van der Waals surface area contributed by atoms with E-state index in [1.165, 1.54) is 0 Å². The molecule has 1 unspecified atom stereocenters. The van der Waals surface area contributed by atoms with E-state index in [4.69, 9.17) is 5.73 Å². The Labute approximate surface area is 124 Å². The number of para-hydroxylation sites is 1. The van der Waals surface area contributed by atoms with E-state index in [1.54, 1.807) is 10.9 Å². The van der Waals surface area contributed by atoms with Crippen molar-refractivity contribution in [1.82, 2.24) is 20.3 Å². The molecular formula is C15H21N5O. The molecule has 0 saturated heterocycles. The Morgan fingerprint density at radius 3 is 2.67 bits per heavy atom. The fraction of sp³-hybridized carbons (Fsp3) is 0.400. The molecule has 112 valence electrons. The number of rotatable bonds is 6. The Kier molecular flexibility index (Phi) is 5.05. The highest BCUT2D eigenvalue weighted by Crippen LogP contribution is 2.07. The van der Waals surface area contributed by atoms with Gasteiger partial charge in [0, 0.05) is 12.6 Å². The zero-order chi connectivity index (χ0) is 15.2. The maximum absolute atomic E-state index is 12.2. The van der Waals surface area contributed by atoms with Crippen molar-refractivity contribution in [3.63, 3.8) is 0 Å². The van der Waals surface area contributed by atoms with Crippen molar-refractivity contribution in [1.29, 1.82) is 0 Å². The molecule has 21 heavy (non-hydrogen) atoms. The van der Waals surface area contributed by atoms with Crippen LogP contribution in [0.4, 0.5) is 0 Å². The highest BCUT2D eigenvalue weighted by molar-refractivity contribution is 5.92. The van der Waals surface area contributed by atoms with Crippen LogP contribution in [0.2, 0.25) is 0 Å². The fourth-order valence-corrected chi connectivity index (χ4v) is 2.12. The van der Waals surface area contributed by atoms with Gasteiger partial charge in [-0.15, -0.1) is 5.10 Å². The second-order valence-corrected chi connectivity index (χ2v) is 5.42. The molecule has 1 heterocycles. The summed E-state index contributed by atoms with van der Waals surface area (Å²) < 4.78 is 1.58. The molecule has 0 aliphatic carbocycles. The van der Waals surface area contributed by atoms with Crippen molar-refractivity contribution < 1.29 is 4.79 Å². The number of nitrogens with two attached hydrogens (primary N) is 1. The van der Waals surface area contributed by atoms with Crippen LogP contribution in [0.3, 0.4) is 0 Å². The van der Waals surface area contributed by atoms with Crippen LogP contribution in [0, 0.1) is 5.92 Å². The summed E-state index contributed by atoms with van der Waals surface area (Å²) in [6, 6.07) is 9.49. The smallest absolute Gasteiger partial charge is 0.273 e. The standard InChI is InChI=1S/C15H21N5O/c1-11(2)8-12(9-16)17-15(21)14-10-20(19-18-14)13-6-4-3-5-7-13/h3-7,10-12H,8-9,16H2,1-2H3,(H,17,21). The molecule has 1 aromatic heterocycles. The summed E-state index contributed by atoms with van der Waals surface area (Å²) in [6.45, 7) is 4.61. The van der Waals surface area contributed by atoms with Gasteiger partial charge < -0.3 is 11.1 Å². The summed E-state index contributed by atoms with van der Waals surface area (Å²) in [7, 11) is 0. The van der Waals surface area contributed by atoms with Gasteiger partial charge in [-0.05, 0) is 24.5 Å². The number of hydrogen-bond donors (Lipinski definition) is 2. The van der Waals surface area contributed by atoms with Gasteiger partial charge in [0.2, 0.25) is 0 Å². The Morgan fingerprint density at radius 2 is 2.05 bits per heavy atom. The van der Waals surface area contributed by atoms with Crippen LogP contribution in [-0.2, 0) is 0 Å². The largest absolute Gasteiger partial charge is 0.347 e. The monoisotopic (exact) mass is 287 g/mol. The molecular weight excluding hydrogens is 266 g/mol. The van der Waals surface area contributed by atoms with Crippen LogP contribution < -0.4 is 11.1 Å². The van der Waals surface area contributed by atoms with Crippen LogP contribution in [0.1, 0.15) is 30.8 Å². The van der Waals surface area contributed by atoms with E-state index in [2.05, 4.69) is 29.5 Å². The first-order chi connectivity index (χ1) is 10.1. The van der Waals surface area contributed by atoms with E-state index in [9.17, 15) is 4.79 Å². The average Bonchev–Trinajstić information content (AvgIpc) is 2.97. The number of hydrogen-bond acceptors (Lipinski definition) is 4. The molecule has 2 rings (SSSR count). The van der Waals surface area contributed by atoms with Gasteiger partial charge in [-0.2, -0.15) is 0 Å². The van der Waals surface area contributed by atoms with Gasteiger partial charge in [-0.3, -0.25) is 4.79 Å². The topological polar surface area (TPSA) is 85.8 Å². The summed E-state index contributed by atoms with van der Waals surface area (Å²) in [6.07, 6.45) is 2.46. The lowest BCUT2D eigenvalue weighted by molar-refractivity contribution is 0.0928. The minimum absolute atomic E-state index is 0.0422. The normalized spacial score (nSPS) is 12.4. The predicted octanol–water partition coefficient (Wildman–Crippen LogP) is 1.37. The van der Waals surface area contributed by atoms with Gasteiger partial charge in [-0.1, -0.05) is 37.3 Å². The first-order valence-corrected chi connectivity index (χ1v) is 7.09. The molecule has 6 heteroatoms. The lowest BCUT2D eigenvalue weighted by atomic mass is 10.0. The first-order valence-electron chi connectivity index (χ1n) is 7.09. The Balaban J connectivity index is 2.05. The van der Waals surface area contributed by atoms with E-state index in [0.29, 0.717) is 18.2 Å². The number of aromatic nitrogens is 3. The van der Waals surface area contributed by atoms with E-state index in [1.807, 2.05) is 30.3 Å². The maximum atomic E-state index is 12.2. The summed E-state index contributed by atoms with van der Waals surface area (Å²) in [5.41, 5.74) is 6.84. The highest BCUT2D eigenvalue weighted by atomic mass is 16.2. The van der Waals surface area contributed by atoms with Gasteiger partial charge in [-0.25, -0.2) is 4.68 Å². The molecule has 0 bridgehead atoms. The average molecular weight is 287 g/mol. The van der Waals surface area contributed by atoms with Crippen molar-refractivity contribution in [2.45, 2.75) is 26.3 Å². The molecule has 0 aliphatic heterocycles. The number of carbonyl (C=O) groups excluding carboxylic acids is 1. The van der Waals surface area contributed by atoms with Crippen molar-refractivity contribution in [3.8, 4) is 5.69 Å². The molecule has 1 atom stereocenters. The number of amides is 1. The highest BCUT2D eigenvalue weighted by Gasteiger charge is 2.16. The molecule has 0 radical (unpaired) electrons. The maximum Gasteiger partial charge on any atom is 0.273 e. The minimum atomic E-state index is -0.242. The molecule has 6 nitrogen and oxygen atoms in total. The van der Waals surface area contributed by atoms with Crippen LogP contribution in [0.15, 0.2) is 36.5 Å². The second kappa shape index (κ2) is 6.99. The number of nitrogens with zero attached hydrogens (tertiary/aromatic N) is 3. The molecule has 0 fully saturated rings. The molecule has 0 aliphatic rings. The van der Waals surface area contributed by atoms with Gasteiger partial charge in [0.15, 0.2) is 5.69 Å². The Hall–Kier alpha value is -2.21. The molecule has 1 aromatic carbocycles. The summed E-state index contributed by atoms with van der Waals surface area (Å²) >= 11 is 0. The zero-order valence-corrected chi connectivity index (χ0v) is 12.4. The lowest BCUT2D eigenvalue weighted by Gasteiger charge is -2.17. The van der Waals surface area contributed by atoms with Crippen molar-refractivity contribution >= 4 is 5.91 Å². The SMILES string of the molecule is CC(C)CC(CN)NC(=O)c1cn(-c2ccccc2)nn1. The summed E-state index contributed by atoms with van der Waals surface area (Å²) in [5.74, 6) is 0.229. The first kappa shape index (κ1) is 15.2. The zero-order valence-electron chi connectivity index (χ0n) is 12.4. The summed E-state index contributed by atoms with van der Waals surface area (Å²) in [4.78, 5) is 12.2. The lowest BCUT2D eigenvalue weighted by Crippen LogP contribution is -2.41. The van der Waals surface area contributed by atoms with Crippen LogP contribution in [0.5, 0.6) is 0 Å². The number of nitrogens with one attached hydrogen (secondary N) is 1. The molecule has 0 saturated carbocycles. The second-order valence-electron chi connectivity index (χ2n) is 5.42. The van der Waals surface area contributed by atoms with Crippen molar-refractivity contribution in [2.24, 2.45) is 11.7 Å². The third-order valence-corrected chi connectivity index (χ3v) is 3.12. The van der Waals surface area contributed by atoms with Gasteiger partial charge >= 0.3 is 0 Å². The van der Waals surface area contributed by atoms with Crippen LogP contribution in [0.25, 0.3) is 5.69 Å². The van der Waals surface area contributed by atoms with Gasteiger partial charge in [0.05, 0.1) is 11.9 Å². The van der Waals surface area contributed by atoms with E-state index < -0.39 is 0 Å². The number of carbonyl (C=O) groups is 1. The Morgan fingerprint density at radius 1 is 1.33 bits per heavy atom. The van der Waals surface area contributed by atoms with E-state index in [-0.39, 0.29) is 11.9 Å².